The molecule has 0 aromatic heterocycles. The number of likely N-dealkylation sites (tertiary alicyclic amines) is 1. The number of hydrogen-bond acceptors (Lipinski definition) is 3. The van der Waals surface area contributed by atoms with E-state index in [2.05, 4.69) is 4.90 Å². The first kappa shape index (κ1) is 19.0. The molecule has 2 saturated heterocycles. The fourth-order valence-electron chi connectivity index (χ4n) is 4.15. The summed E-state index contributed by atoms with van der Waals surface area (Å²) in [5.41, 5.74) is 0.823. The van der Waals surface area contributed by atoms with Crippen molar-refractivity contribution >= 4 is 11.6 Å². The third kappa shape index (κ3) is 4.08. The Morgan fingerprint density at radius 1 is 1.04 bits per heavy atom. The van der Waals surface area contributed by atoms with Crippen LogP contribution in [0.25, 0.3) is 0 Å². The van der Waals surface area contributed by atoms with Crippen LogP contribution in [0.1, 0.15) is 24.8 Å². The first-order valence-corrected chi connectivity index (χ1v) is 9.70. The van der Waals surface area contributed by atoms with E-state index in [1.807, 2.05) is 12.1 Å². The molecule has 0 bridgehead atoms. The number of benzene rings is 2. The lowest BCUT2D eigenvalue weighted by Gasteiger charge is -2.42. The highest BCUT2D eigenvalue weighted by molar-refractivity contribution is 5.95. The molecule has 2 aromatic rings. The SMILES string of the molecule is O=C1COC2(CCCN(Cc3ccccc3F)CC2)CN1c1cccc(F)c1. The smallest absolute Gasteiger partial charge is 0.253 e. The van der Waals surface area contributed by atoms with Crippen LogP contribution in [0.4, 0.5) is 14.5 Å². The van der Waals surface area contributed by atoms with Gasteiger partial charge < -0.3 is 9.64 Å². The number of nitrogens with zero attached hydrogens (tertiary/aromatic N) is 2. The molecule has 1 atom stereocenters. The number of morpholine rings is 1. The van der Waals surface area contributed by atoms with Crippen LogP contribution >= 0.6 is 0 Å². The predicted molar refractivity (Wildman–Crippen MR) is 103 cm³/mol. The van der Waals surface area contributed by atoms with Gasteiger partial charge in [0.2, 0.25) is 0 Å². The predicted octanol–water partition coefficient (Wildman–Crippen LogP) is 3.75. The summed E-state index contributed by atoms with van der Waals surface area (Å²) in [6.07, 6.45) is 2.47. The summed E-state index contributed by atoms with van der Waals surface area (Å²) in [6.45, 7) is 2.61. The molecule has 0 radical (unpaired) electrons. The summed E-state index contributed by atoms with van der Waals surface area (Å²) in [7, 11) is 0. The van der Waals surface area contributed by atoms with Crippen molar-refractivity contribution in [2.45, 2.75) is 31.4 Å². The van der Waals surface area contributed by atoms with Gasteiger partial charge in [-0.3, -0.25) is 9.69 Å². The average molecular weight is 386 g/mol. The Kier molecular flexibility index (Phi) is 5.42. The molecule has 0 saturated carbocycles. The quantitative estimate of drug-likeness (QED) is 0.805. The minimum absolute atomic E-state index is 0.00380. The Hall–Kier alpha value is -2.31. The largest absolute Gasteiger partial charge is 0.363 e. The van der Waals surface area contributed by atoms with Crippen LogP contribution in [0.2, 0.25) is 0 Å². The lowest BCUT2D eigenvalue weighted by atomic mass is 9.92. The Labute approximate surface area is 163 Å². The number of rotatable bonds is 3. The third-order valence-electron chi connectivity index (χ3n) is 5.71. The molecule has 1 amide bonds. The zero-order chi connectivity index (χ0) is 19.6. The van der Waals surface area contributed by atoms with Gasteiger partial charge in [-0.2, -0.15) is 0 Å². The Morgan fingerprint density at radius 2 is 1.89 bits per heavy atom. The molecule has 2 heterocycles. The van der Waals surface area contributed by atoms with E-state index in [0.29, 0.717) is 24.3 Å². The van der Waals surface area contributed by atoms with E-state index in [1.54, 1.807) is 23.1 Å². The van der Waals surface area contributed by atoms with Gasteiger partial charge in [-0.05, 0) is 50.1 Å². The van der Waals surface area contributed by atoms with Crippen molar-refractivity contribution < 1.29 is 18.3 Å². The van der Waals surface area contributed by atoms with Crippen LogP contribution in [0, 0.1) is 11.6 Å². The van der Waals surface area contributed by atoms with E-state index >= 15 is 0 Å². The number of carbonyl (C=O) groups excluding carboxylic acids is 1. The molecule has 1 spiro atoms. The number of ether oxygens (including phenoxy) is 1. The monoisotopic (exact) mass is 386 g/mol. The maximum atomic E-state index is 14.0. The molecule has 28 heavy (non-hydrogen) atoms. The molecular weight excluding hydrogens is 362 g/mol. The van der Waals surface area contributed by atoms with Gasteiger partial charge in [-0.15, -0.1) is 0 Å². The van der Waals surface area contributed by atoms with Gasteiger partial charge in [0.25, 0.3) is 5.91 Å². The van der Waals surface area contributed by atoms with Crippen molar-refractivity contribution in [2.24, 2.45) is 0 Å². The van der Waals surface area contributed by atoms with E-state index in [0.717, 1.165) is 32.4 Å². The normalized spacial score (nSPS) is 23.8. The number of amides is 1. The van der Waals surface area contributed by atoms with Gasteiger partial charge in [0.15, 0.2) is 0 Å². The van der Waals surface area contributed by atoms with Gasteiger partial charge >= 0.3 is 0 Å². The fraction of sp³-hybridized carbons (Fsp3) is 0.409. The van der Waals surface area contributed by atoms with Crippen LogP contribution in [0.15, 0.2) is 48.5 Å². The summed E-state index contributed by atoms with van der Waals surface area (Å²) in [6, 6.07) is 13.0. The molecule has 6 heteroatoms. The topological polar surface area (TPSA) is 32.8 Å². The molecule has 2 fully saturated rings. The minimum atomic E-state index is -0.440. The van der Waals surface area contributed by atoms with Crippen LogP contribution in [-0.4, -0.2) is 42.6 Å². The van der Waals surface area contributed by atoms with Crippen molar-refractivity contribution in [1.82, 2.24) is 4.90 Å². The Balaban J connectivity index is 1.46. The Bertz CT molecular complexity index is 860. The van der Waals surface area contributed by atoms with Gasteiger partial charge in [0, 0.05) is 24.3 Å². The molecule has 148 valence electrons. The van der Waals surface area contributed by atoms with Crippen molar-refractivity contribution in [3.05, 3.63) is 65.7 Å². The third-order valence-corrected chi connectivity index (χ3v) is 5.71. The van der Waals surface area contributed by atoms with Crippen molar-refractivity contribution in [3.8, 4) is 0 Å². The molecule has 2 aromatic carbocycles. The summed E-state index contributed by atoms with van der Waals surface area (Å²) < 4.78 is 33.6. The van der Waals surface area contributed by atoms with Crippen molar-refractivity contribution in [2.75, 3.05) is 31.1 Å². The maximum absolute atomic E-state index is 14.0. The van der Waals surface area contributed by atoms with Crippen molar-refractivity contribution in [3.63, 3.8) is 0 Å². The fourth-order valence-corrected chi connectivity index (χ4v) is 4.15. The molecule has 4 nitrogen and oxygen atoms in total. The number of hydrogen-bond donors (Lipinski definition) is 0. The van der Waals surface area contributed by atoms with Crippen LogP contribution in [0.3, 0.4) is 0 Å². The summed E-state index contributed by atoms with van der Waals surface area (Å²) in [4.78, 5) is 16.3. The van der Waals surface area contributed by atoms with Gasteiger partial charge in [-0.1, -0.05) is 24.3 Å². The minimum Gasteiger partial charge on any atom is -0.363 e. The average Bonchev–Trinajstić information content (AvgIpc) is 2.88. The Morgan fingerprint density at radius 3 is 2.71 bits per heavy atom. The molecule has 4 rings (SSSR count). The lowest BCUT2D eigenvalue weighted by molar-refractivity contribution is -0.140. The maximum Gasteiger partial charge on any atom is 0.253 e. The summed E-state index contributed by atoms with van der Waals surface area (Å²) in [5, 5.41) is 0. The molecule has 2 aliphatic heterocycles. The van der Waals surface area contributed by atoms with E-state index in [-0.39, 0.29) is 24.1 Å². The summed E-state index contributed by atoms with van der Waals surface area (Å²) >= 11 is 0. The van der Waals surface area contributed by atoms with Crippen LogP contribution in [-0.2, 0) is 16.1 Å². The van der Waals surface area contributed by atoms with Crippen LogP contribution < -0.4 is 4.90 Å². The highest BCUT2D eigenvalue weighted by Crippen LogP contribution is 2.33. The molecule has 0 N–H and O–H groups in total. The van der Waals surface area contributed by atoms with Crippen molar-refractivity contribution in [1.29, 1.82) is 0 Å². The molecular formula is C22H24F2N2O2. The number of anilines is 1. The molecule has 0 aliphatic carbocycles. The lowest BCUT2D eigenvalue weighted by Crippen LogP contribution is -2.55. The first-order valence-electron chi connectivity index (χ1n) is 9.70. The standard InChI is InChI=1S/C22H24F2N2O2/c23-18-6-3-7-19(13-18)26-16-22(28-15-21(26)27)9-4-11-25(12-10-22)14-17-5-1-2-8-20(17)24/h1-3,5-8,13H,4,9-12,14-16H2. The first-order chi connectivity index (χ1) is 13.5. The van der Waals surface area contributed by atoms with Gasteiger partial charge in [0.05, 0.1) is 12.1 Å². The van der Waals surface area contributed by atoms with Gasteiger partial charge in [-0.25, -0.2) is 8.78 Å². The highest BCUT2D eigenvalue weighted by atomic mass is 19.1. The number of carbonyl (C=O) groups is 1. The van der Waals surface area contributed by atoms with E-state index in [4.69, 9.17) is 4.74 Å². The second-order valence-electron chi connectivity index (χ2n) is 7.65. The van der Waals surface area contributed by atoms with E-state index in [1.165, 1.54) is 18.2 Å². The van der Waals surface area contributed by atoms with E-state index < -0.39 is 5.60 Å². The zero-order valence-electron chi connectivity index (χ0n) is 15.7. The number of halogens is 2. The molecule has 1 unspecified atom stereocenters. The summed E-state index contributed by atoms with van der Waals surface area (Å²) in [5.74, 6) is -0.690. The molecule has 2 aliphatic rings. The second-order valence-corrected chi connectivity index (χ2v) is 7.65. The second kappa shape index (κ2) is 7.97. The van der Waals surface area contributed by atoms with Crippen LogP contribution in [0.5, 0.6) is 0 Å². The van der Waals surface area contributed by atoms with Gasteiger partial charge in [0.1, 0.15) is 18.2 Å². The highest BCUT2D eigenvalue weighted by Gasteiger charge is 2.41. The zero-order valence-corrected chi connectivity index (χ0v) is 15.7. The van der Waals surface area contributed by atoms with E-state index in [9.17, 15) is 13.6 Å².